The van der Waals surface area contributed by atoms with Gasteiger partial charge in [0.15, 0.2) is 5.76 Å². The molecule has 0 aliphatic carbocycles. The standard InChI is InChI=1S/C15H13N3O5/c16-8-1-2-9-22-12-5-3-4-11(10-12)17-15(19)13-6-7-14(23-13)18(20)21/h3-7,10H,1-2,9H2,(H,17,19). The van der Waals surface area contributed by atoms with E-state index in [-0.39, 0.29) is 5.76 Å². The van der Waals surface area contributed by atoms with E-state index in [0.717, 1.165) is 6.07 Å². The normalized spacial score (nSPS) is 9.87. The van der Waals surface area contributed by atoms with Crippen LogP contribution in [-0.4, -0.2) is 17.4 Å². The summed E-state index contributed by atoms with van der Waals surface area (Å²) >= 11 is 0. The minimum absolute atomic E-state index is 0.156. The average Bonchev–Trinajstić information content (AvgIpc) is 3.02. The number of nitro groups is 1. The number of nitriles is 1. The SMILES string of the molecule is N#CCCCOc1cccc(NC(=O)c2ccc([N+](=O)[O-])o2)c1. The maximum absolute atomic E-state index is 12.0. The molecule has 0 radical (unpaired) electrons. The van der Waals surface area contributed by atoms with Crippen LogP contribution in [0.4, 0.5) is 11.6 Å². The van der Waals surface area contributed by atoms with Gasteiger partial charge < -0.3 is 14.5 Å². The topological polar surface area (TPSA) is 118 Å². The fourth-order valence-electron chi connectivity index (χ4n) is 1.75. The van der Waals surface area contributed by atoms with E-state index in [2.05, 4.69) is 5.32 Å². The largest absolute Gasteiger partial charge is 0.493 e. The number of hydrogen-bond acceptors (Lipinski definition) is 6. The third-order valence-electron chi connectivity index (χ3n) is 2.79. The van der Waals surface area contributed by atoms with Gasteiger partial charge in [-0.2, -0.15) is 5.26 Å². The molecule has 1 heterocycles. The van der Waals surface area contributed by atoms with Crippen molar-refractivity contribution in [3.63, 3.8) is 0 Å². The minimum Gasteiger partial charge on any atom is -0.493 e. The molecule has 0 atom stereocenters. The summed E-state index contributed by atoms with van der Waals surface area (Å²) in [5.74, 6) is -0.701. The Bertz CT molecular complexity index is 748. The van der Waals surface area contributed by atoms with Crippen molar-refractivity contribution in [2.24, 2.45) is 0 Å². The van der Waals surface area contributed by atoms with Crippen LogP contribution in [0, 0.1) is 21.4 Å². The predicted molar refractivity (Wildman–Crippen MR) is 80.1 cm³/mol. The molecule has 0 saturated carbocycles. The highest BCUT2D eigenvalue weighted by Gasteiger charge is 2.17. The predicted octanol–water partition coefficient (Wildman–Crippen LogP) is 3.12. The molecule has 2 aromatic rings. The van der Waals surface area contributed by atoms with Gasteiger partial charge in [-0.3, -0.25) is 14.9 Å². The summed E-state index contributed by atoms with van der Waals surface area (Å²) in [6, 6.07) is 11.0. The molecule has 8 heteroatoms. The second-order valence-corrected chi connectivity index (χ2v) is 4.49. The average molecular weight is 315 g/mol. The zero-order valence-electron chi connectivity index (χ0n) is 12.0. The van der Waals surface area contributed by atoms with E-state index in [1.54, 1.807) is 24.3 Å². The van der Waals surface area contributed by atoms with Crippen molar-refractivity contribution in [2.45, 2.75) is 12.8 Å². The van der Waals surface area contributed by atoms with Gasteiger partial charge in [-0.15, -0.1) is 0 Å². The molecule has 0 aliphatic rings. The summed E-state index contributed by atoms with van der Waals surface area (Å²) in [6.07, 6.45) is 1.02. The Hall–Kier alpha value is -3.34. The van der Waals surface area contributed by atoms with E-state index < -0.39 is 16.7 Å². The lowest BCUT2D eigenvalue weighted by molar-refractivity contribution is -0.402. The van der Waals surface area contributed by atoms with Crippen molar-refractivity contribution >= 4 is 17.5 Å². The van der Waals surface area contributed by atoms with E-state index in [0.29, 0.717) is 30.9 Å². The van der Waals surface area contributed by atoms with E-state index in [1.807, 2.05) is 6.07 Å². The van der Waals surface area contributed by atoms with Crippen LogP contribution in [0.2, 0.25) is 0 Å². The number of nitrogens with one attached hydrogen (secondary N) is 1. The molecule has 1 amide bonds. The number of nitrogens with zero attached hydrogens (tertiary/aromatic N) is 2. The Balaban J connectivity index is 1.97. The number of furan rings is 1. The maximum atomic E-state index is 12.0. The first-order chi connectivity index (χ1) is 11.1. The highest BCUT2D eigenvalue weighted by Crippen LogP contribution is 2.20. The molecule has 1 N–H and O–H groups in total. The van der Waals surface area contributed by atoms with Gasteiger partial charge in [-0.05, 0) is 24.6 Å². The van der Waals surface area contributed by atoms with Gasteiger partial charge in [0.25, 0.3) is 5.91 Å². The van der Waals surface area contributed by atoms with Crippen molar-refractivity contribution in [1.29, 1.82) is 5.26 Å². The molecule has 118 valence electrons. The van der Waals surface area contributed by atoms with Crippen molar-refractivity contribution in [3.8, 4) is 11.8 Å². The van der Waals surface area contributed by atoms with Gasteiger partial charge in [0.05, 0.1) is 18.7 Å². The first kappa shape index (κ1) is 16.0. The number of ether oxygens (including phenoxy) is 1. The van der Waals surface area contributed by atoms with Gasteiger partial charge in [0.2, 0.25) is 0 Å². The fraction of sp³-hybridized carbons (Fsp3) is 0.200. The van der Waals surface area contributed by atoms with Crippen LogP contribution >= 0.6 is 0 Å². The summed E-state index contributed by atoms with van der Waals surface area (Å²) in [4.78, 5) is 21.8. The van der Waals surface area contributed by atoms with Crippen LogP contribution in [0.5, 0.6) is 5.75 Å². The van der Waals surface area contributed by atoms with Crippen molar-refractivity contribution in [3.05, 3.63) is 52.3 Å². The third-order valence-corrected chi connectivity index (χ3v) is 2.79. The van der Waals surface area contributed by atoms with E-state index in [1.165, 1.54) is 6.07 Å². The Morgan fingerprint density at radius 2 is 2.22 bits per heavy atom. The number of rotatable bonds is 7. The summed E-state index contributed by atoms with van der Waals surface area (Å²) in [7, 11) is 0. The van der Waals surface area contributed by atoms with Gasteiger partial charge in [0.1, 0.15) is 10.7 Å². The van der Waals surface area contributed by atoms with Gasteiger partial charge in [-0.25, -0.2) is 0 Å². The number of hydrogen-bond donors (Lipinski definition) is 1. The smallest absolute Gasteiger partial charge is 0.433 e. The van der Waals surface area contributed by atoms with Crippen LogP contribution in [-0.2, 0) is 0 Å². The molecule has 0 bridgehead atoms. The summed E-state index contributed by atoms with van der Waals surface area (Å²) < 4.78 is 10.3. The summed E-state index contributed by atoms with van der Waals surface area (Å²) in [6.45, 7) is 0.398. The number of unbranched alkanes of at least 4 members (excludes halogenated alkanes) is 1. The highest BCUT2D eigenvalue weighted by atomic mass is 16.6. The Labute approximate surface area is 131 Å². The van der Waals surface area contributed by atoms with Crippen molar-refractivity contribution < 1.29 is 18.9 Å². The molecular weight excluding hydrogens is 302 g/mol. The lowest BCUT2D eigenvalue weighted by atomic mass is 10.3. The number of carbonyl (C=O) groups is 1. The quantitative estimate of drug-likeness (QED) is 0.476. The van der Waals surface area contributed by atoms with Crippen LogP contribution in [0.3, 0.4) is 0 Å². The molecule has 0 spiro atoms. The summed E-state index contributed by atoms with van der Waals surface area (Å²) in [5, 5.41) is 21.5. The zero-order valence-corrected chi connectivity index (χ0v) is 12.0. The maximum Gasteiger partial charge on any atom is 0.433 e. The molecule has 0 saturated heterocycles. The van der Waals surface area contributed by atoms with E-state index >= 15 is 0 Å². The summed E-state index contributed by atoms with van der Waals surface area (Å²) in [5.41, 5.74) is 0.465. The van der Waals surface area contributed by atoms with Crippen LogP contribution in [0.1, 0.15) is 23.4 Å². The highest BCUT2D eigenvalue weighted by molar-refractivity contribution is 6.02. The number of anilines is 1. The van der Waals surface area contributed by atoms with E-state index in [4.69, 9.17) is 14.4 Å². The van der Waals surface area contributed by atoms with Gasteiger partial charge >= 0.3 is 5.88 Å². The van der Waals surface area contributed by atoms with Crippen LogP contribution in [0.25, 0.3) is 0 Å². The van der Waals surface area contributed by atoms with Crippen molar-refractivity contribution in [2.75, 3.05) is 11.9 Å². The molecule has 0 aliphatic heterocycles. The van der Waals surface area contributed by atoms with Gasteiger partial charge in [0, 0.05) is 18.2 Å². The molecular formula is C15H13N3O5. The first-order valence-corrected chi connectivity index (χ1v) is 6.75. The molecule has 1 aromatic carbocycles. The fourth-order valence-corrected chi connectivity index (χ4v) is 1.75. The number of amides is 1. The first-order valence-electron chi connectivity index (χ1n) is 6.75. The van der Waals surface area contributed by atoms with Gasteiger partial charge in [-0.1, -0.05) is 6.07 Å². The molecule has 23 heavy (non-hydrogen) atoms. The van der Waals surface area contributed by atoms with Crippen LogP contribution in [0.15, 0.2) is 40.8 Å². The second-order valence-electron chi connectivity index (χ2n) is 4.49. The Kier molecular flexibility index (Phi) is 5.30. The Morgan fingerprint density at radius 1 is 1.39 bits per heavy atom. The Morgan fingerprint density at radius 3 is 2.91 bits per heavy atom. The zero-order chi connectivity index (χ0) is 16.7. The molecule has 0 fully saturated rings. The molecule has 0 unspecified atom stereocenters. The molecule has 8 nitrogen and oxygen atoms in total. The van der Waals surface area contributed by atoms with Crippen LogP contribution < -0.4 is 10.1 Å². The lowest BCUT2D eigenvalue weighted by Crippen LogP contribution is -2.11. The third kappa shape index (κ3) is 4.57. The molecule has 2 rings (SSSR count). The monoisotopic (exact) mass is 315 g/mol. The minimum atomic E-state index is -0.716. The lowest BCUT2D eigenvalue weighted by Gasteiger charge is -2.07. The number of carbonyl (C=O) groups excluding carboxylic acids is 1. The van der Waals surface area contributed by atoms with Crippen molar-refractivity contribution in [1.82, 2.24) is 0 Å². The van der Waals surface area contributed by atoms with E-state index in [9.17, 15) is 14.9 Å². The number of benzene rings is 1. The molecule has 1 aromatic heterocycles. The second kappa shape index (κ2) is 7.61.